The van der Waals surface area contributed by atoms with Crippen LogP contribution >= 0.6 is 11.8 Å². The lowest BCUT2D eigenvalue weighted by molar-refractivity contribution is -0.113. The Hall–Kier alpha value is -3.39. The van der Waals surface area contributed by atoms with E-state index in [1.807, 2.05) is 62.4 Å². The third-order valence-electron chi connectivity index (χ3n) is 4.54. The maximum Gasteiger partial charge on any atom is 0.269 e. The Morgan fingerprint density at radius 3 is 2.55 bits per heavy atom. The van der Waals surface area contributed by atoms with E-state index in [4.69, 9.17) is 0 Å². The number of anilines is 1. The van der Waals surface area contributed by atoms with Crippen molar-refractivity contribution in [3.05, 3.63) is 76.2 Å². The second-order valence-corrected chi connectivity index (χ2v) is 7.55. The summed E-state index contributed by atoms with van der Waals surface area (Å²) in [6.07, 6.45) is 1.46. The molecule has 0 saturated carbocycles. The summed E-state index contributed by atoms with van der Waals surface area (Å²) < 4.78 is 1.51. The highest BCUT2D eigenvalue weighted by Gasteiger charge is 2.16. The van der Waals surface area contributed by atoms with Crippen LogP contribution in [0.1, 0.15) is 11.1 Å². The summed E-state index contributed by atoms with van der Waals surface area (Å²) in [5, 5.41) is 10.4. The average molecular weight is 405 g/mol. The molecule has 8 heteroatoms. The number of aromatic amines is 1. The van der Waals surface area contributed by atoms with Gasteiger partial charge in [0, 0.05) is 5.69 Å². The highest BCUT2D eigenvalue weighted by Crippen LogP contribution is 2.23. The number of rotatable bonds is 5. The van der Waals surface area contributed by atoms with Crippen molar-refractivity contribution in [1.29, 1.82) is 0 Å². The summed E-state index contributed by atoms with van der Waals surface area (Å²) in [6.45, 7) is 3.91. The first kappa shape index (κ1) is 18.9. The number of benzene rings is 2. The fourth-order valence-electron chi connectivity index (χ4n) is 3.09. The minimum absolute atomic E-state index is 0.118. The molecule has 4 aromatic rings. The van der Waals surface area contributed by atoms with Gasteiger partial charge in [-0.1, -0.05) is 48.2 Å². The van der Waals surface area contributed by atoms with Crippen LogP contribution in [0.4, 0.5) is 5.69 Å². The van der Waals surface area contributed by atoms with Gasteiger partial charge >= 0.3 is 0 Å². The van der Waals surface area contributed by atoms with E-state index in [1.54, 1.807) is 0 Å². The third kappa shape index (κ3) is 3.79. The van der Waals surface area contributed by atoms with Gasteiger partial charge in [-0.25, -0.2) is 4.98 Å². The molecule has 0 aliphatic carbocycles. The number of nitrogens with one attached hydrogen (secondary N) is 2. The Morgan fingerprint density at radius 2 is 1.83 bits per heavy atom. The van der Waals surface area contributed by atoms with Gasteiger partial charge in [-0.15, -0.1) is 0 Å². The van der Waals surface area contributed by atoms with Crippen LogP contribution in [0.5, 0.6) is 0 Å². The van der Waals surface area contributed by atoms with E-state index in [2.05, 4.69) is 20.5 Å². The number of para-hydroxylation sites is 2. The Labute approximate surface area is 171 Å². The molecule has 29 heavy (non-hydrogen) atoms. The van der Waals surface area contributed by atoms with Gasteiger partial charge in [0.1, 0.15) is 5.39 Å². The fraction of sp³-hybridized carbons (Fsp3) is 0.143. The average Bonchev–Trinajstić information content (AvgIpc) is 3.19. The Bertz CT molecular complexity index is 1230. The first-order valence-electron chi connectivity index (χ1n) is 9.05. The minimum atomic E-state index is -0.229. The highest BCUT2D eigenvalue weighted by molar-refractivity contribution is 7.99. The molecule has 2 N–H and O–H groups in total. The van der Waals surface area contributed by atoms with Crippen LogP contribution in [0.15, 0.2) is 64.7 Å². The van der Waals surface area contributed by atoms with E-state index in [1.165, 1.54) is 22.5 Å². The molecule has 0 saturated heterocycles. The number of thioether (sulfide) groups is 1. The minimum Gasteiger partial charge on any atom is -0.325 e. The molecule has 2 aromatic heterocycles. The summed E-state index contributed by atoms with van der Waals surface area (Å²) in [5.41, 5.74) is 3.68. The molecule has 0 bridgehead atoms. The van der Waals surface area contributed by atoms with Crippen molar-refractivity contribution in [1.82, 2.24) is 19.7 Å². The molecule has 0 fully saturated rings. The lowest BCUT2D eigenvalue weighted by Crippen LogP contribution is -2.22. The Kier molecular flexibility index (Phi) is 5.18. The number of carbonyl (C=O) groups is 1. The van der Waals surface area contributed by atoms with E-state index in [0.717, 1.165) is 16.8 Å². The van der Waals surface area contributed by atoms with Crippen LogP contribution in [-0.4, -0.2) is 31.4 Å². The molecular formula is C21H19N5O2S. The van der Waals surface area contributed by atoms with Crippen molar-refractivity contribution >= 4 is 34.4 Å². The van der Waals surface area contributed by atoms with Crippen LogP contribution in [-0.2, 0) is 4.79 Å². The van der Waals surface area contributed by atoms with Crippen molar-refractivity contribution in [3.8, 4) is 5.69 Å². The molecule has 0 radical (unpaired) electrons. The van der Waals surface area contributed by atoms with Crippen molar-refractivity contribution in [2.45, 2.75) is 19.0 Å². The molecule has 2 heterocycles. The predicted molar refractivity (Wildman–Crippen MR) is 115 cm³/mol. The highest BCUT2D eigenvalue weighted by atomic mass is 32.2. The van der Waals surface area contributed by atoms with E-state index in [0.29, 0.717) is 21.9 Å². The molecule has 7 nitrogen and oxygen atoms in total. The van der Waals surface area contributed by atoms with Gasteiger partial charge in [-0.05, 0) is 37.1 Å². The molecular weight excluding hydrogens is 386 g/mol. The summed E-state index contributed by atoms with van der Waals surface area (Å²) in [5.74, 6) is -0.0434. The standard InChI is InChI=1S/C21H19N5O2S/c1-13-7-6-8-14(2)18(13)23-17(27)12-29-21-24-19-16(11-22-25-19)20(28)26(21)15-9-4-3-5-10-15/h3-11H,12H2,1-2H3,(H,22,25)(H,23,27). The molecule has 146 valence electrons. The number of hydrogen-bond donors (Lipinski definition) is 2. The van der Waals surface area contributed by atoms with Crippen LogP contribution in [0, 0.1) is 13.8 Å². The number of nitrogens with zero attached hydrogens (tertiary/aromatic N) is 3. The van der Waals surface area contributed by atoms with E-state index >= 15 is 0 Å². The first-order valence-corrected chi connectivity index (χ1v) is 10.0. The number of aryl methyl sites for hydroxylation is 2. The van der Waals surface area contributed by atoms with Crippen LogP contribution in [0.2, 0.25) is 0 Å². The molecule has 1 amide bonds. The molecule has 0 aliphatic rings. The predicted octanol–water partition coefficient (Wildman–Crippen LogP) is 3.46. The maximum atomic E-state index is 13.0. The van der Waals surface area contributed by atoms with Gasteiger partial charge in [-0.3, -0.25) is 19.3 Å². The van der Waals surface area contributed by atoms with Crippen LogP contribution in [0.3, 0.4) is 0 Å². The zero-order chi connectivity index (χ0) is 20.4. The summed E-state index contributed by atoms with van der Waals surface area (Å²) in [7, 11) is 0. The fourth-order valence-corrected chi connectivity index (χ4v) is 3.90. The smallest absolute Gasteiger partial charge is 0.269 e. The normalized spacial score (nSPS) is 11.0. The second kappa shape index (κ2) is 7.92. The van der Waals surface area contributed by atoms with Crippen molar-refractivity contribution < 1.29 is 4.79 Å². The van der Waals surface area contributed by atoms with Gasteiger partial charge in [0.2, 0.25) is 5.91 Å². The topological polar surface area (TPSA) is 92.7 Å². The van der Waals surface area contributed by atoms with E-state index in [-0.39, 0.29) is 17.2 Å². The first-order chi connectivity index (χ1) is 14.0. The van der Waals surface area contributed by atoms with Crippen molar-refractivity contribution in [2.24, 2.45) is 0 Å². The maximum absolute atomic E-state index is 13.0. The Morgan fingerprint density at radius 1 is 1.10 bits per heavy atom. The monoisotopic (exact) mass is 405 g/mol. The van der Waals surface area contributed by atoms with Crippen molar-refractivity contribution in [2.75, 3.05) is 11.1 Å². The van der Waals surface area contributed by atoms with Gasteiger partial charge < -0.3 is 5.32 Å². The molecule has 0 aliphatic heterocycles. The molecule has 0 spiro atoms. The number of H-pyrrole nitrogens is 1. The summed E-state index contributed by atoms with van der Waals surface area (Å²) in [6, 6.07) is 15.1. The number of aromatic nitrogens is 4. The lowest BCUT2D eigenvalue weighted by Gasteiger charge is -2.13. The number of hydrogen-bond acceptors (Lipinski definition) is 5. The summed E-state index contributed by atoms with van der Waals surface area (Å²) in [4.78, 5) is 30.1. The molecule has 4 rings (SSSR count). The molecule has 2 aromatic carbocycles. The second-order valence-electron chi connectivity index (χ2n) is 6.61. The SMILES string of the molecule is Cc1cccc(C)c1NC(=O)CSc1nc2[nH]ncc2c(=O)n1-c1ccccc1. The molecule has 0 atom stereocenters. The lowest BCUT2D eigenvalue weighted by atomic mass is 10.1. The van der Waals surface area contributed by atoms with Gasteiger partial charge in [0.15, 0.2) is 10.8 Å². The largest absolute Gasteiger partial charge is 0.325 e. The zero-order valence-corrected chi connectivity index (χ0v) is 16.8. The van der Waals surface area contributed by atoms with Gasteiger partial charge in [0.05, 0.1) is 17.6 Å². The van der Waals surface area contributed by atoms with Crippen molar-refractivity contribution in [3.63, 3.8) is 0 Å². The number of carbonyl (C=O) groups excluding carboxylic acids is 1. The van der Waals surface area contributed by atoms with Crippen LogP contribution < -0.4 is 10.9 Å². The van der Waals surface area contributed by atoms with Crippen LogP contribution in [0.25, 0.3) is 16.7 Å². The van der Waals surface area contributed by atoms with Gasteiger partial charge in [-0.2, -0.15) is 5.10 Å². The summed E-state index contributed by atoms with van der Waals surface area (Å²) >= 11 is 1.21. The number of amides is 1. The Balaban J connectivity index is 1.64. The number of fused-ring (bicyclic) bond motifs is 1. The van der Waals surface area contributed by atoms with E-state index < -0.39 is 0 Å². The molecule has 0 unspecified atom stereocenters. The van der Waals surface area contributed by atoms with Gasteiger partial charge in [0.25, 0.3) is 5.56 Å². The zero-order valence-electron chi connectivity index (χ0n) is 16.0. The van der Waals surface area contributed by atoms with E-state index in [9.17, 15) is 9.59 Å². The quantitative estimate of drug-likeness (QED) is 0.392. The third-order valence-corrected chi connectivity index (χ3v) is 5.48.